The van der Waals surface area contributed by atoms with Gasteiger partial charge in [-0.2, -0.15) is 0 Å². The first kappa shape index (κ1) is 14.3. The number of benzene rings is 1. The lowest BCUT2D eigenvalue weighted by atomic mass is 10.1. The summed E-state index contributed by atoms with van der Waals surface area (Å²) in [6, 6.07) is 7.69. The number of hydrogen-bond acceptors (Lipinski definition) is 2. The monoisotopic (exact) mass is 294 g/mol. The van der Waals surface area contributed by atoms with E-state index in [0.29, 0.717) is 5.02 Å². The van der Waals surface area contributed by atoms with Gasteiger partial charge in [0.25, 0.3) is 0 Å². The van der Waals surface area contributed by atoms with E-state index in [1.807, 2.05) is 24.4 Å². The van der Waals surface area contributed by atoms with Crippen molar-refractivity contribution < 1.29 is 0 Å². The number of hydrogen-bond donors (Lipinski definition) is 1. The molecule has 1 aromatic heterocycles. The second-order valence-electron chi connectivity index (χ2n) is 4.57. The largest absolute Gasteiger partial charge is 0.306 e. The Balaban J connectivity index is 2.07. The summed E-state index contributed by atoms with van der Waals surface area (Å²) in [6.07, 6.45) is 3.68. The summed E-state index contributed by atoms with van der Waals surface area (Å²) >= 11 is 12.2. The standard InChI is InChI=1S/C15H16Cl2N2/c1-10-8-18-6-5-12(10)9-19-11(2)14-7-13(16)3-4-15(14)17/h3-8,11,19H,9H2,1-2H3. The van der Waals surface area contributed by atoms with Crippen LogP contribution in [0, 0.1) is 6.92 Å². The van der Waals surface area contributed by atoms with E-state index < -0.39 is 0 Å². The van der Waals surface area contributed by atoms with Gasteiger partial charge in [0.1, 0.15) is 0 Å². The lowest BCUT2D eigenvalue weighted by molar-refractivity contribution is 0.573. The van der Waals surface area contributed by atoms with Gasteiger partial charge in [0.05, 0.1) is 0 Å². The first-order chi connectivity index (χ1) is 9.08. The fourth-order valence-corrected chi connectivity index (χ4v) is 2.38. The molecule has 4 heteroatoms. The van der Waals surface area contributed by atoms with Gasteiger partial charge in [-0.25, -0.2) is 0 Å². The topological polar surface area (TPSA) is 24.9 Å². The van der Waals surface area contributed by atoms with Crippen LogP contribution in [0.2, 0.25) is 10.0 Å². The first-order valence-corrected chi connectivity index (χ1v) is 6.91. The highest BCUT2D eigenvalue weighted by atomic mass is 35.5. The van der Waals surface area contributed by atoms with Crippen LogP contribution in [0.15, 0.2) is 36.7 Å². The molecule has 0 saturated heterocycles. The van der Waals surface area contributed by atoms with Crippen molar-refractivity contribution in [3.05, 3.63) is 63.4 Å². The summed E-state index contributed by atoms with van der Waals surface area (Å²) in [4.78, 5) is 4.09. The Morgan fingerprint density at radius 2 is 2.05 bits per heavy atom. The maximum atomic E-state index is 6.20. The molecule has 0 saturated carbocycles. The smallest absolute Gasteiger partial charge is 0.0454 e. The highest BCUT2D eigenvalue weighted by molar-refractivity contribution is 6.33. The van der Waals surface area contributed by atoms with E-state index in [2.05, 4.69) is 24.1 Å². The van der Waals surface area contributed by atoms with Crippen LogP contribution in [0.4, 0.5) is 0 Å². The molecule has 0 aliphatic heterocycles. The van der Waals surface area contributed by atoms with E-state index in [0.717, 1.165) is 17.1 Å². The van der Waals surface area contributed by atoms with Gasteiger partial charge in [-0.15, -0.1) is 0 Å². The number of aromatic nitrogens is 1. The lowest BCUT2D eigenvalue weighted by Gasteiger charge is -2.16. The molecule has 1 N–H and O–H groups in total. The molecule has 1 atom stereocenters. The van der Waals surface area contributed by atoms with E-state index in [1.165, 1.54) is 11.1 Å². The van der Waals surface area contributed by atoms with E-state index in [-0.39, 0.29) is 6.04 Å². The van der Waals surface area contributed by atoms with Crippen LogP contribution in [0.3, 0.4) is 0 Å². The van der Waals surface area contributed by atoms with Crippen LogP contribution in [-0.2, 0) is 6.54 Å². The Morgan fingerprint density at radius 1 is 1.26 bits per heavy atom. The molecule has 0 aliphatic rings. The maximum absolute atomic E-state index is 6.20. The molecule has 0 aliphatic carbocycles. The molecule has 100 valence electrons. The molecule has 0 fully saturated rings. The van der Waals surface area contributed by atoms with Crippen molar-refractivity contribution in [1.82, 2.24) is 10.3 Å². The molecule has 0 radical (unpaired) electrons. The summed E-state index contributed by atoms with van der Waals surface area (Å²) in [5, 5.41) is 4.89. The normalized spacial score (nSPS) is 12.4. The van der Waals surface area contributed by atoms with Crippen molar-refractivity contribution in [2.75, 3.05) is 0 Å². The SMILES string of the molecule is Cc1cnccc1CNC(C)c1cc(Cl)ccc1Cl. The summed E-state index contributed by atoms with van der Waals surface area (Å²) in [5.74, 6) is 0. The lowest BCUT2D eigenvalue weighted by Crippen LogP contribution is -2.19. The zero-order valence-electron chi connectivity index (χ0n) is 11.0. The molecular formula is C15H16Cl2N2. The second kappa shape index (κ2) is 6.38. The van der Waals surface area contributed by atoms with Crippen molar-refractivity contribution in [3.8, 4) is 0 Å². The third kappa shape index (κ3) is 3.69. The number of nitrogens with zero attached hydrogens (tertiary/aromatic N) is 1. The molecule has 0 amide bonds. The van der Waals surface area contributed by atoms with Crippen LogP contribution < -0.4 is 5.32 Å². The van der Waals surface area contributed by atoms with Crippen molar-refractivity contribution in [2.24, 2.45) is 0 Å². The van der Waals surface area contributed by atoms with Crippen LogP contribution in [0.5, 0.6) is 0 Å². The van der Waals surface area contributed by atoms with Gasteiger partial charge in [-0.05, 0) is 54.8 Å². The average molecular weight is 295 g/mol. The van der Waals surface area contributed by atoms with Gasteiger partial charge in [-0.3, -0.25) is 4.98 Å². The minimum atomic E-state index is 0.138. The number of pyridine rings is 1. The maximum Gasteiger partial charge on any atom is 0.0454 e. The first-order valence-electron chi connectivity index (χ1n) is 6.15. The van der Waals surface area contributed by atoms with Crippen molar-refractivity contribution in [3.63, 3.8) is 0 Å². The van der Waals surface area contributed by atoms with Gasteiger partial charge in [0, 0.05) is 35.0 Å². The summed E-state index contributed by atoms with van der Waals surface area (Å²) in [5.41, 5.74) is 3.43. The van der Waals surface area contributed by atoms with Crippen LogP contribution in [0.25, 0.3) is 0 Å². The van der Waals surface area contributed by atoms with Crippen molar-refractivity contribution >= 4 is 23.2 Å². The quantitative estimate of drug-likeness (QED) is 0.895. The van der Waals surface area contributed by atoms with Crippen molar-refractivity contribution in [2.45, 2.75) is 26.4 Å². The third-order valence-corrected chi connectivity index (χ3v) is 3.74. The molecule has 2 aromatic rings. The average Bonchev–Trinajstić information content (AvgIpc) is 2.40. The highest BCUT2D eigenvalue weighted by Gasteiger charge is 2.10. The predicted molar refractivity (Wildman–Crippen MR) is 80.7 cm³/mol. The Morgan fingerprint density at radius 3 is 2.79 bits per heavy atom. The van der Waals surface area contributed by atoms with Crippen LogP contribution in [-0.4, -0.2) is 4.98 Å². The molecule has 0 spiro atoms. The Kier molecular flexibility index (Phi) is 4.81. The fraction of sp³-hybridized carbons (Fsp3) is 0.267. The molecular weight excluding hydrogens is 279 g/mol. The van der Waals surface area contributed by atoms with E-state index in [9.17, 15) is 0 Å². The van der Waals surface area contributed by atoms with Gasteiger partial charge in [0.2, 0.25) is 0 Å². The molecule has 1 heterocycles. The zero-order chi connectivity index (χ0) is 13.8. The van der Waals surface area contributed by atoms with E-state index >= 15 is 0 Å². The summed E-state index contributed by atoms with van der Waals surface area (Å²) in [7, 11) is 0. The number of rotatable bonds is 4. The Bertz CT molecular complexity index is 570. The van der Waals surface area contributed by atoms with E-state index in [4.69, 9.17) is 23.2 Å². The third-order valence-electron chi connectivity index (χ3n) is 3.16. The van der Waals surface area contributed by atoms with Gasteiger partial charge < -0.3 is 5.32 Å². The van der Waals surface area contributed by atoms with E-state index in [1.54, 1.807) is 12.3 Å². The predicted octanol–water partition coefficient (Wildman–Crippen LogP) is 4.55. The highest BCUT2D eigenvalue weighted by Crippen LogP contribution is 2.26. The van der Waals surface area contributed by atoms with Crippen LogP contribution >= 0.6 is 23.2 Å². The van der Waals surface area contributed by atoms with Gasteiger partial charge >= 0.3 is 0 Å². The Hall–Kier alpha value is -1.09. The number of nitrogens with one attached hydrogen (secondary N) is 1. The molecule has 2 rings (SSSR count). The fourth-order valence-electron chi connectivity index (χ4n) is 1.92. The number of aryl methyl sites for hydroxylation is 1. The van der Waals surface area contributed by atoms with Crippen molar-refractivity contribution in [1.29, 1.82) is 0 Å². The minimum absolute atomic E-state index is 0.138. The zero-order valence-corrected chi connectivity index (χ0v) is 12.5. The summed E-state index contributed by atoms with van der Waals surface area (Å²) < 4.78 is 0. The minimum Gasteiger partial charge on any atom is -0.306 e. The molecule has 0 bridgehead atoms. The van der Waals surface area contributed by atoms with Gasteiger partial charge in [0.15, 0.2) is 0 Å². The molecule has 1 unspecified atom stereocenters. The molecule has 2 nitrogen and oxygen atoms in total. The second-order valence-corrected chi connectivity index (χ2v) is 5.41. The molecule has 1 aromatic carbocycles. The van der Waals surface area contributed by atoms with Crippen LogP contribution in [0.1, 0.15) is 29.7 Å². The molecule has 19 heavy (non-hydrogen) atoms. The summed E-state index contributed by atoms with van der Waals surface area (Å²) in [6.45, 7) is 4.91. The number of halogens is 2. The Labute approximate surface area is 123 Å². The van der Waals surface area contributed by atoms with Gasteiger partial charge in [-0.1, -0.05) is 23.2 Å².